The lowest BCUT2D eigenvalue weighted by Crippen LogP contribution is -2.27. The minimum absolute atomic E-state index is 0.0755. The summed E-state index contributed by atoms with van der Waals surface area (Å²) in [7, 11) is 0. The van der Waals surface area contributed by atoms with Crippen LogP contribution < -0.4 is 11.1 Å². The van der Waals surface area contributed by atoms with E-state index in [-0.39, 0.29) is 16.9 Å². The molecule has 3 N–H and O–H groups in total. The fraction of sp³-hybridized carbons (Fsp3) is 0.154. The molecular formula is C13H13N3O4. The third-order valence-corrected chi connectivity index (χ3v) is 2.78. The van der Waals surface area contributed by atoms with Crippen LogP contribution in [-0.4, -0.2) is 10.8 Å². The molecule has 0 aliphatic carbocycles. The average Bonchev–Trinajstić information content (AvgIpc) is 2.92. The number of nitrogens with one attached hydrogen (secondary N) is 1. The van der Waals surface area contributed by atoms with Gasteiger partial charge in [0.25, 0.3) is 11.6 Å². The zero-order valence-corrected chi connectivity index (χ0v) is 10.7. The maximum absolute atomic E-state index is 12.1. The summed E-state index contributed by atoms with van der Waals surface area (Å²) in [6.07, 6.45) is 1.49. The standard InChI is InChI=1S/C13H13N3O4/c1-8(12-3-2-6-20-12)15-13(17)10-7-9(14)4-5-11(10)16(18)19/h2-8H,14H2,1H3,(H,15,17). The fourth-order valence-corrected chi connectivity index (χ4v) is 1.78. The number of rotatable bonds is 4. The maximum Gasteiger partial charge on any atom is 0.282 e. The predicted molar refractivity (Wildman–Crippen MR) is 72.1 cm³/mol. The number of carbonyl (C=O) groups is 1. The van der Waals surface area contributed by atoms with Crippen molar-refractivity contribution in [3.63, 3.8) is 0 Å². The number of amides is 1. The number of hydrogen-bond acceptors (Lipinski definition) is 5. The molecule has 1 aromatic carbocycles. The lowest BCUT2D eigenvalue weighted by molar-refractivity contribution is -0.385. The summed E-state index contributed by atoms with van der Waals surface area (Å²) in [5, 5.41) is 13.5. The second-order valence-corrected chi connectivity index (χ2v) is 4.24. The molecule has 0 aliphatic rings. The molecule has 104 valence electrons. The number of benzene rings is 1. The van der Waals surface area contributed by atoms with Crippen LogP contribution in [0.25, 0.3) is 0 Å². The van der Waals surface area contributed by atoms with Crippen molar-refractivity contribution in [2.75, 3.05) is 5.73 Å². The van der Waals surface area contributed by atoms with Crippen LogP contribution in [0.1, 0.15) is 29.1 Å². The molecule has 0 spiro atoms. The SMILES string of the molecule is CC(NC(=O)c1cc(N)ccc1[N+](=O)[O-])c1ccco1. The Kier molecular flexibility index (Phi) is 3.69. The Morgan fingerprint density at radius 3 is 2.80 bits per heavy atom. The van der Waals surface area contributed by atoms with Gasteiger partial charge in [-0.2, -0.15) is 0 Å². The number of carbonyl (C=O) groups excluding carboxylic acids is 1. The van der Waals surface area contributed by atoms with Gasteiger partial charge in [-0.3, -0.25) is 14.9 Å². The molecule has 1 amide bonds. The van der Waals surface area contributed by atoms with E-state index in [1.54, 1.807) is 19.1 Å². The Morgan fingerprint density at radius 2 is 2.20 bits per heavy atom. The first-order valence-electron chi connectivity index (χ1n) is 5.87. The van der Waals surface area contributed by atoms with Crippen molar-refractivity contribution in [2.24, 2.45) is 0 Å². The number of nitro benzene ring substituents is 1. The van der Waals surface area contributed by atoms with Crippen LogP contribution in [0.15, 0.2) is 41.0 Å². The summed E-state index contributed by atoms with van der Waals surface area (Å²) in [6, 6.07) is 6.87. The first kappa shape index (κ1) is 13.6. The molecule has 0 saturated heterocycles. The Hall–Kier alpha value is -2.83. The van der Waals surface area contributed by atoms with Gasteiger partial charge < -0.3 is 15.5 Å². The lowest BCUT2D eigenvalue weighted by Gasteiger charge is -2.11. The third-order valence-electron chi connectivity index (χ3n) is 2.78. The lowest BCUT2D eigenvalue weighted by atomic mass is 10.1. The van der Waals surface area contributed by atoms with Crippen molar-refractivity contribution in [1.29, 1.82) is 0 Å². The Bertz CT molecular complexity index is 637. The van der Waals surface area contributed by atoms with E-state index in [1.165, 1.54) is 24.5 Å². The summed E-state index contributed by atoms with van der Waals surface area (Å²) in [5.74, 6) is -0.0159. The van der Waals surface area contributed by atoms with Crippen molar-refractivity contribution < 1.29 is 14.1 Å². The van der Waals surface area contributed by atoms with E-state index < -0.39 is 16.9 Å². The molecule has 1 unspecified atom stereocenters. The third kappa shape index (κ3) is 2.77. The van der Waals surface area contributed by atoms with Crippen molar-refractivity contribution in [3.8, 4) is 0 Å². The topological polar surface area (TPSA) is 111 Å². The van der Waals surface area contributed by atoms with Gasteiger partial charge in [-0.25, -0.2) is 0 Å². The molecule has 7 nitrogen and oxygen atoms in total. The molecule has 1 aromatic heterocycles. The van der Waals surface area contributed by atoms with Gasteiger partial charge in [-0.05, 0) is 31.2 Å². The molecule has 7 heteroatoms. The average molecular weight is 275 g/mol. The van der Waals surface area contributed by atoms with Crippen LogP contribution in [0, 0.1) is 10.1 Å². The van der Waals surface area contributed by atoms with Gasteiger partial charge >= 0.3 is 0 Å². The summed E-state index contributed by atoms with van der Waals surface area (Å²) in [6.45, 7) is 1.72. The highest BCUT2D eigenvalue weighted by Crippen LogP contribution is 2.22. The van der Waals surface area contributed by atoms with Gasteiger partial charge in [-0.15, -0.1) is 0 Å². The molecule has 0 bridgehead atoms. The monoisotopic (exact) mass is 275 g/mol. The van der Waals surface area contributed by atoms with E-state index in [0.717, 1.165) is 0 Å². The Labute approximate surface area is 114 Å². The first-order valence-corrected chi connectivity index (χ1v) is 5.87. The zero-order valence-electron chi connectivity index (χ0n) is 10.7. The minimum Gasteiger partial charge on any atom is -0.467 e. The number of furan rings is 1. The number of nitrogen functional groups attached to an aromatic ring is 1. The van der Waals surface area contributed by atoms with E-state index in [1.807, 2.05) is 0 Å². The largest absolute Gasteiger partial charge is 0.467 e. The van der Waals surface area contributed by atoms with Gasteiger partial charge in [0.15, 0.2) is 0 Å². The van der Waals surface area contributed by atoms with Crippen molar-refractivity contribution in [3.05, 3.63) is 58.0 Å². The van der Waals surface area contributed by atoms with Crippen LogP contribution in [-0.2, 0) is 0 Å². The molecule has 1 atom stereocenters. The van der Waals surface area contributed by atoms with Gasteiger partial charge in [0.2, 0.25) is 0 Å². The number of hydrogen-bond donors (Lipinski definition) is 2. The fourth-order valence-electron chi connectivity index (χ4n) is 1.78. The van der Waals surface area contributed by atoms with Gasteiger partial charge in [0.05, 0.1) is 17.2 Å². The minimum atomic E-state index is -0.619. The quantitative estimate of drug-likeness (QED) is 0.505. The van der Waals surface area contributed by atoms with Crippen LogP contribution in [0.3, 0.4) is 0 Å². The van der Waals surface area contributed by atoms with Crippen LogP contribution in [0.5, 0.6) is 0 Å². The van der Waals surface area contributed by atoms with Crippen molar-refractivity contribution >= 4 is 17.3 Å². The number of nitrogens with two attached hydrogens (primary N) is 1. The highest BCUT2D eigenvalue weighted by molar-refractivity contribution is 5.99. The van der Waals surface area contributed by atoms with Crippen LogP contribution in [0.4, 0.5) is 11.4 Å². The highest BCUT2D eigenvalue weighted by atomic mass is 16.6. The molecule has 0 aliphatic heterocycles. The Morgan fingerprint density at radius 1 is 1.45 bits per heavy atom. The summed E-state index contributed by atoms with van der Waals surface area (Å²) >= 11 is 0. The number of nitro groups is 1. The zero-order chi connectivity index (χ0) is 14.7. The molecule has 2 rings (SSSR count). The molecule has 20 heavy (non-hydrogen) atoms. The summed E-state index contributed by atoms with van der Waals surface area (Å²) in [4.78, 5) is 22.4. The number of anilines is 1. The molecule has 2 aromatic rings. The molecule has 0 saturated carbocycles. The van der Waals surface area contributed by atoms with E-state index in [2.05, 4.69) is 5.32 Å². The van der Waals surface area contributed by atoms with E-state index >= 15 is 0 Å². The van der Waals surface area contributed by atoms with Crippen LogP contribution in [0.2, 0.25) is 0 Å². The summed E-state index contributed by atoms with van der Waals surface area (Å²) < 4.78 is 5.16. The molecule has 0 fully saturated rings. The van der Waals surface area contributed by atoms with E-state index in [4.69, 9.17) is 10.2 Å². The second-order valence-electron chi connectivity index (χ2n) is 4.24. The maximum atomic E-state index is 12.1. The molecule has 0 radical (unpaired) electrons. The van der Waals surface area contributed by atoms with Gasteiger partial charge in [0.1, 0.15) is 11.3 Å². The Balaban J connectivity index is 2.25. The number of nitrogens with zero attached hydrogens (tertiary/aromatic N) is 1. The smallest absolute Gasteiger partial charge is 0.282 e. The molecule has 1 heterocycles. The molecular weight excluding hydrogens is 262 g/mol. The van der Waals surface area contributed by atoms with Crippen molar-refractivity contribution in [1.82, 2.24) is 5.32 Å². The van der Waals surface area contributed by atoms with E-state index in [9.17, 15) is 14.9 Å². The van der Waals surface area contributed by atoms with E-state index in [0.29, 0.717) is 5.76 Å². The van der Waals surface area contributed by atoms with Gasteiger partial charge in [0, 0.05) is 11.8 Å². The summed E-state index contributed by atoms with van der Waals surface area (Å²) in [5.41, 5.74) is 5.49. The normalized spacial score (nSPS) is 11.8. The predicted octanol–water partition coefficient (Wildman–Crippen LogP) is 2.26. The second kappa shape index (κ2) is 5.43. The van der Waals surface area contributed by atoms with Crippen LogP contribution >= 0.6 is 0 Å². The highest BCUT2D eigenvalue weighted by Gasteiger charge is 2.22. The van der Waals surface area contributed by atoms with Gasteiger partial charge in [-0.1, -0.05) is 0 Å². The van der Waals surface area contributed by atoms with Crippen molar-refractivity contribution in [2.45, 2.75) is 13.0 Å². The first-order chi connectivity index (χ1) is 9.49.